The van der Waals surface area contributed by atoms with E-state index in [4.69, 9.17) is 8.83 Å². The third kappa shape index (κ3) is 3.98. The van der Waals surface area contributed by atoms with E-state index < -0.39 is 0 Å². The van der Waals surface area contributed by atoms with Crippen LogP contribution in [0.1, 0.15) is 25.0 Å². The van der Waals surface area contributed by atoms with Crippen LogP contribution in [0.4, 0.5) is 0 Å². The van der Waals surface area contributed by atoms with Crippen molar-refractivity contribution >= 4 is 76.2 Å². The number of benzene rings is 9. The molecule has 1 aliphatic carbocycles. The highest BCUT2D eigenvalue weighted by molar-refractivity contribution is 6.25. The van der Waals surface area contributed by atoms with Gasteiger partial charge in [-0.1, -0.05) is 123 Å². The first-order chi connectivity index (χ1) is 26.0. The average molecular weight is 677 g/mol. The Kier molecular flexibility index (Phi) is 5.60. The summed E-state index contributed by atoms with van der Waals surface area (Å²) >= 11 is 0. The molecule has 0 radical (unpaired) electrons. The maximum atomic E-state index is 6.35. The lowest BCUT2D eigenvalue weighted by Gasteiger charge is -2.23. The van der Waals surface area contributed by atoms with Crippen molar-refractivity contribution < 1.29 is 8.83 Å². The Morgan fingerprint density at radius 1 is 0.302 bits per heavy atom. The number of hydrogen-bond acceptors (Lipinski definition) is 2. The molecule has 0 N–H and O–H groups in total. The van der Waals surface area contributed by atoms with E-state index in [-0.39, 0.29) is 5.41 Å². The van der Waals surface area contributed by atoms with Gasteiger partial charge in [-0.05, 0) is 119 Å². The quantitative estimate of drug-likeness (QED) is 0.170. The fraction of sp³-hybridized carbons (Fsp3) is 0.0588. The molecule has 2 heteroatoms. The minimum Gasteiger partial charge on any atom is -0.456 e. The van der Waals surface area contributed by atoms with Crippen LogP contribution >= 0.6 is 0 Å². The third-order valence-corrected chi connectivity index (χ3v) is 12.1. The molecule has 0 bridgehead atoms. The number of furan rings is 2. The molecule has 2 aromatic heterocycles. The maximum absolute atomic E-state index is 6.35. The molecule has 11 aromatic rings. The monoisotopic (exact) mass is 676 g/mol. The molecule has 53 heavy (non-hydrogen) atoms. The molecule has 9 aromatic carbocycles. The van der Waals surface area contributed by atoms with Crippen LogP contribution in [-0.4, -0.2) is 0 Å². The average Bonchev–Trinajstić information content (AvgIpc) is 3.82. The Morgan fingerprint density at radius 3 is 1.34 bits per heavy atom. The molecule has 2 nitrogen and oxygen atoms in total. The van der Waals surface area contributed by atoms with Crippen molar-refractivity contribution in [3.05, 3.63) is 169 Å². The van der Waals surface area contributed by atoms with Crippen LogP contribution in [0.5, 0.6) is 0 Å². The van der Waals surface area contributed by atoms with Crippen LogP contribution in [0.2, 0.25) is 0 Å². The molecule has 0 fully saturated rings. The van der Waals surface area contributed by atoms with Crippen molar-refractivity contribution in [1.29, 1.82) is 0 Å². The summed E-state index contributed by atoms with van der Waals surface area (Å²) in [4.78, 5) is 0. The minimum absolute atomic E-state index is 0.156. The van der Waals surface area contributed by atoms with Gasteiger partial charge in [0, 0.05) is 33.0 Å². The van der Waals surface area contributed by atoms with Gasteiger partial charge in [-0.3, -0.25) is 0 Å². The first-order valence-electron chi connectivity index (χ1n) is 18.4. The van der Waals surface area contributed by atoms with Gasteiger partial charge in [0.15, 0.2) is 0 Å². The van der Waals surface area contributed by atoms with Gasteiger partial charge in [-0.25, -0.2) is 0 Å². The molecule has 0 saturated carbocycles. The molecule has 2 heterocycles. The van der Waals surface area contributed by atoms with Gasteiger partial charge in [0.2, 0.25) is 0 Å². The highest BCUT2D eigenvalue weighted by Crippen LogP contribution is 2.51. The van der Waals surface area contributed by atoms with Crippen molar-refractivity contribution in [2.45, 2.75) is 19.3 Å². The van der Waals surface area contributed by atoms with Crippen LogP contribution in [0, 0.1) is 0 Å². The van der Waals surface area contributed by atoms with E-state index in [0.717, 1.165) is 43.9 Å². The zero-order chi connectivity index (χ0) is 35.0. The number of rotatable bonds is 2. The summed E-state index contributed by atoms with van der Waals surface area (Å²) in [6.45, 7) is 4.75. The largest absolute Gasteiger partial charge is 0.456 e. The van der Waals surface area contributed by atoms with Gasteiger partial charge in [-0.2, -0.15) is 0 Å². The van der Waals surface area contributed by atoms with Crippen molar-refractivity contribution in [3.8, 4) is 33.4 Å². The van der Waals surface area contributed by atoms with Crippen LogP contribution in [0.3, 0.4) is 0 Å². The Morgan fingerprint density at radius 2 is 0.717 bits per heavy atom. The highest BCUT2D eigenvalue weighted by atomic mass is 16.3. The van der Waals surface area contributed by atoms with E-state index in [0.29, 0.717) is 0 Å². The second-order valence-electron chi connectivity index (χ2n) is 15.3. The summed E-state index contributed by atoms with van der Waals surface area (Å²) in [5.41, 5.74) is 13.6. The van der Waals surface area contributed by atoms with Crippen molar-refractivity contribution in [2.24, 2.45) is 0 Å². The van der Waals surface area contributed by atoms with Crippen LogP contribution < -0.4 is 0 Å². The zero-order valence-electron chi connectivity index (χ0n) is 29.3. The minimum atomic E-state index is -0.156. The second kappa shape index (κ2) is 10.2. The molecule has 12 rings (SSSR count). The standard InChI is InChI=1S/C51H32O2/c1-51(2)45-25-31(29-15-19-37-35-11-4-3-9-33(35)34-10-5-6-12-36(34)41(37)23-29)16-20-38(45)39-21-17-32(26-46(39)51)30-18-22-48-42(24-30)44-27-43-40-13-7-8-14-47(40)52-49(43)28-50(44)53-48/h3-28H,1-2H3. The Labute approximate surface area is 305 Å². The first kappa shape index (κ1) is 29.0. The summed E-state index contributed by atoms with van der Waals surface area (Å²) in [6.07, 6.45) is 0. The molecule has 0 spiro atoms. The van der Waals surface area contributed by atoms with Gasteiger partial charge in [0.05, 0.1) is 0 Å². The third-order valence-electron chi connectivity index (χ3n) is 12.1. The van der Waals surface area contributed by atoms with E-state index in [1.54, 1.807) is 0 Å². The van der Waals surface area contributed by atoms with Gasteiger partial charge in [0.25, 0.3) is 0 Å². The van der Waals surface area contributed by atoms with Gasteiger partial charge in [-0.15, -0.1) is 0 Å². The van der Waals surface area contributed by atoms with Gasteiger partial charge >= 0.3 is 0 Å². The Hall–Kier alpha value is -6.64. The van der Waals surface area contributed by atoms with Crippen molar-refractivity contribution in [1.82, 2.24) is 0 Å². The molecular formula is C51H32O2. The SMILES string of the molecule is CC1(C)c2cc(-c3ccc4oc5cc6oc7ccccc7c6cc5c4c3)ccc2-c2ccc(-c3ccc4c5ccccc5c5ccccc5c4c3)cc21. The summed E-state index contributed by atoms with van der Waals surface area (Å²) in [6, 6.07) is 57.8. The molecule has 0 amide bonds. The maximum Gasteiger partial charge on any atom is 0.139 e. The normalized spacial score (nSPS) is 13.6. The number of para-hydroxylation sites is 1. The summed E-state index contributed by atoms with van der Waals surface area (Å²) in [7, 11) is 0. The lowest BCUT2D eigenvalue weighted by atomic mass is 9.80. The van der Waals surface area contributed by atoms with Crippen molar-refractivity contribution in [2.75, 3.05) is 0 Å². The predicted molar refractivity (Wildman–Crippen MR) is 222 cm³/mol. The van der Waals surface area contributed by atoms with E-state index >= 15 is 0 Å². The van der Waals surface area contributed by atoms with Gasteiger partial charge in [0.1, 0.15) is 22.3 Å². The highest BCUT2D eigenvalue weighted by Gasteiger charge is 2.36. The van der Waals surface area contributed by atoms with E-state index in [1.807, 2.05) is 18.2 Å². The number of hydrogen-bond donors (Lipinski definition) is 0. The molecule has 0 unspecified atom stereocenters. The van der Waals surface area contributed by atoms with Crippen LogP contribution in [0.25, 0.3) is 110 Å². The zero-order valence-corrected chi connectivity index (χ0v) is 29.3. The summed E-state index contributed by atoms with van der Waals surface area (Å²) in [5.74, 6) is 0. The molecule has 0 saturated heterocycles. The van der Waals surface area contributed by atoms with E-state index in [9.17, 15) is 0 Å². The molecule has 0 atom stereocenters. The summed E-state index contributed by atoms with van der Waals surface area (Å²) in [5, 5.41) is 12.3. The smallest absolute Gasteiger partial charge is 0.139 e. The van der Waals surface area contributed by atoms with Crippen molar-refractivity contribution in [3.63, 3.8) is 0 Å². The van der Waals surface area contributed by atoms with Crippen LogP contribution in [-0.2, 0) is 5.41 Å². The molecule has 1 aliphatic rings. The van der Waals surface area contributed by atoms with E-state index in [1.165, 1.54) is 76.8 Å². The lowest BCUT2D eigenvalue weighted by molar-refractivity contribution is 0.656. The Balaban J connectivity index is 0.955. The second-order valence-corrected chi connectivity index (χ2v) is 15.3. The van der Waals surface area contributed by atoms with E-state index in [2.05, 4.69) is 153 Å². The van der Waals surface area contributed by atoms with Crippen LogP contribution in [0.15, 0.2) is 167 Å². The molecule has 248 valence electrons. The fourth-order valence-corrected chi connectivity index (χ4v) is 9.36. The summed E-state index contributed by atoms with van der Waals surface area (Å²) < 4.78 is 12.5. The van der Waals surface area contributed by atoms with Gasteiger partial charge < -0.3 is 8.83 Å². The molecule has 0 aliphatic heterocycles. The Bertz CT molecular complexity index is 3330. The molecular weight excluding hydrogens is 645 g/mol. The predicted octanol–water partition coefficient (Wildman–Crippen LogP) is 14.6. The topological polar surface area (TPSA) is 26.3 Å². The fourth-order valence-electron chi connectivity index (χ4n) is 9.36. The number of fused-ring (bicyclic) bond motifs is 15. The first-order valence-corrected chi connectivity index (χ1v) is 18.4. The lowest BCUT2D eigenvalue weighted by Crippen LogP contribution is -2.15.